The van der Waals surface area contributed by atoms with Gasteiger partial charge in [0, 0.05) is 0 Å². The van der Waals surface area contributed by atoms with E-state index in [1.165, 1.54) is 44.9 Å². The third-order valence-corrected chi connectivity index (χ3v) is 10.6. The lowest BCUT2D eigenvalue weighted by Crippen LogP contribution is -2.59. The molecule has 0 saturated heterocycles. The Kier molecular flexibility index (Phi) is 9.54. The molecule has 214 valence electrons. The molecule has 0 aromatic rings. The van der Waals surface area contributed by atoms with Crippen molar-refractivity contribution < 1.29 is 19.1 Å². The molecule has 0 radical (unpaired) electrons. The van der Waals surface area contributed by atoms with Crippen molar-refractivity contribution >= 4 is 11.9 Å². The van der Waals surface area contributed by atoms with E-state index < -0.39 is 5.41 Å². The van der Waals surface area contributed by atoms with Crippen LogP contribution in [-0.2, 0) is 19.1 Å². The topological polar surface area (TPSA) is 52.6 Å². The van der Waals surface area contributed by atoms with Crippen LogP contribution in [0.1, 0.15) is 139 Å². The van der Waals surface area contributed by atoms with Gasteiger partial charge in [-0.1, -0.05) is 87.5 Å². The van der Waals surface area contributed by atoms with Crippen LogP contribution in [0.4, 0.5) is 0 Å². The van der Waals surface area contributed by atoms with Crippen LogP contribution in [0.3, 0.4) is 0 Å². The van der Waals surface area contributed by atoms with Crippen molar-refractivity contribution in [1.82, 2.24) is 0 Å². The van der Waals surface area contributed by atoms with Gasteiger partial charge in [-0.3, -0.25) is 4.79 Å². The van der Waals surface area contributed by atoms with Crippen LogP contribution in [0, 0.1) is 45.8 Å². The summed E-state index contributed by atoms with van der Waals surface area (Å²) in [6.45, 7) is 19.1. The number of hydrogen-bond donors (Lipinski definition) is 0. The Labute approximate surface area is 228 Å². The maximum atomic E-state index is 13.6. The van der Waals surface area contributed by atoms with Crippen molar-refractivity contribution in [2.24, 2.45) is 45.8 Å². The molecular weight excluding hydrogens is 460 g/mol. The Balaban J connectivity index is 1.82. The van der Waals surface area contributed by atoms with Gasteiger partial charge in [0.1, 0.15) is 5.60 Å². The second-order valence-corrected chi connectivity index (χ2v) is 15.6. The van der Waals surface area contributed by atoms with Gasteiger partial charge in [0.05, 0.1) is 5.41 Å². The van der Waals surface area contributed by atoms with Gasteiger partial charge in [-0.15, -0.1) is 0 Å². The standard InChI is InChI=1S/C33H58O4/c1-10-12-26-19-24-13-11-14-27(20-24)33(26,25-17-15-23(2)16-18-25)37-28(34)21-36-29(35)32(9,31(6,7)8)22-30(3,4)5/h23-27H,10-22H2,1-9H3. The zero-order chi connectivity index (χ0) is 27.6. The fraction of sp³-hybridized carbons (Fsp3) is 0.939. The first kappa shape index (κ1) is 30.5. The van der Waals surface area contributed by atoms with Crippen LogP contribution >= 0.6 is 0 Å². The van der Waals surface area contributed by atoms with Crippen molar-refractivity contribution in [1.29, 1.82) is 0 Å². The predicted octanol–water partition coefficient (Wildman–Crippen LogP) is 8.75. The molecule has 0 amide bonds. The molecule has 4 heteroatoms. The molecule has 0 N–H and O–H groups in total. The maximum absolute atomic E-state index is 13.6. The lowest BCUT2D eigenvalue weighted by Gasteiger charge is -2.57. The summed E-state index contributed by atoms with van der Waals surface area (Å²) in [6.07, 6.45) is 13.9. The molecule has 5 unspecified atom stereocenters. The van der Waals surface area contributed by atoms with Gasteiger partial charge in [0.15, 0.2) is 6.61 Å². The molecular formula is C33H58O4. The third kappa shape index (κ3) is 6.75. The maximum Gasteiger partial charge on any atom is 0.344 e. The number of rotatable bonds is 8. The van der Waals surface area contributed by atoms with Crippen LogP contribution in [-0.4, -0.2) is 24.1 Å². The highest BCUT2D eigenvalue weighted by Gasteiger charge is 2.58. The largest absolute Gasteiger partial charge is 0.456 e. The van der Waals surface area contributed by atoms with E-state index in [9.17, 15) is 9.59 Å². The van der Waals surface area contributed by atoms with Crippen molar-refractivity contribution in [2.75, 3.05) is 6.61 Å². The second kappa shape index (κ2) is 11.6. The molecule has 3 fully saturated rings. The average Bonchev–Trinajstić information content (AvgIpc) is 2.79. The zero-order valence-electron chi connectivity index (χ0n) is 25.7. The molecule has 0 aliphatic heterocycles. The van der Waals surface area contributed by atoms with E-state index in [1.54, 1.807) is 0 Å². The highest BCUT2D eigenvalue weighted by molar-refractivity contribution is 5.81. The van der Waals surface area contributed by atoms with E-state index in [4.69, 9.17) is 9.47 Å². The summed E-state index contributed by atoms with van der Waals surface area (Å²) in [6, 6.07) is 0. The molecule has 5 atom stereocenters. The fourth-order valence-electron chi connectivity index (χ4n) is 8.37. The molecule has 37 heavy (non-hydrogen) atoms. The lowest BCUT2D eigenvalue weighted by atomic mass is 9.52. The number of hydrogen-bond acceptors (Lipinski definition) is 4. The minimum absolute atomic E-state index is 0.0310. The van der Waals surface area contributed by atoms with Crippen LogP contribution in [0.25, 0.3) is 0 Å². The molecule has 3 rings (SSSR count). The van der Waals surface area contributed by atoms with Crippen molar-refractivity contribution in [3.63, 3.8) is 0 Å². The third-order valence-electron chi connectivity index (χ3n) is 10.6. The van der Waals surface area contributed by atoms with Crippen LogP contribution in [0.15, 0.2) is 0 Å². The Morgan fingerprint density at radius 1 is 0.865 bits per heavy atom. The number of carbonyl (C=O) groups is 2. The summed E-state index contributed by atoms with van der Waals surface area (Å²) in [5.74, 6) is 2.26. The SMILES string of the molecule is CCCC1CC2CCCC(C2)C1(OC(=O)COC(=O)C(C)(CC(C)(C)C)C(C)(C)C)C1CCC(C)CC1. The average molecular weight is 519 g/mol. The van der Waals surface area contributed by atoms with Gasteiger partial charge >= 0.3 is 11.9 Å². The van der Waals surface area contributed by atoms with Gasteiger partial charge in [-0.2, -0.15) is 0 Å². The molecule has 4 nitrogen and oxygen atoms in total. The zero-order valence-corrected chi connectivity index (χ0v) is 25.7. The lowest BCUT2D eigenvalue weighted by molar-refractivity contribution is -0.216. The number of esters is 2. The normalized spacial score (nSPS) is 34.4. The number of fused-ring (bicyclic) bond motifs is 2. The molecule has 0 heterocycles. The van der Waals surface area contributed by atoms with Gasteiger partial charge in [-0.05, 0) is 92.3 Å². The quantitative estimate of drug-likeness (QED) is 0.301. The van der Waals surface area contributed by atoms with E-state index in [0.717, 1.165) is 37.5 Å². The summed E-state index contributed by atoms with van der Waals surface area (Å²) in [4.78, 5) is 27.1. The molecule has 2 bridgehead atoms. The first-order valence-electron chi connectivity index (χ1n) is 15.5. The van der Waals surface area contributed by atoms with Crippen LogP contribution in [0.5, 0.6) is 0 Å². The first-order valence-corrected chi connectivity index (χ1v) is 15.5. The molecule has 3 aliphatic carbocycles. The van der Waals surface area contributed by atoms with Gasteiger partial charge in [0.25, 0.3) is 0 Å². The van der Waals surface area contributed by atoms with Gasteiger partial charge in [0.2, 0.25) is 0 Å². The van der Waals surface area contributed by atoms with Crippen molar-refractivity contribution in [2.45, 2.75) is 145 Å². The van der Waals surface area contributed by atoms with Crippen LogP contribution in [0.2, 0.25) is 0 Å². The minimum Gasteiger partial charge on any atom is -0.456 e. The predicted molar refractivity (Wildman–Crippen MR) is 151 cm³/mol. The monoisotopic (exact) mass is 518 g/mol. The number of carbonyl (C=O) groups excluding carboxylic acids is 2. The van der Waals surface area contributed by atoms with Gasteiger partial charge < -0.3 is 9.47 Å². The summed E-state index contributed by atoms with van der Waals surface area (Å²) >= 11 is 0. The Morgan fingerprint density at radius 3 is 2.08 bits per heavy atom. The van der Waals surface area contributed by atoms with E-state index in [2.05, 4.69) is 55.4 Å². The second-order valence-electron chi connectivity index (χ2n) is 15.6. The molecule has 0 aromatic carbocycles. The Morgan fingerprint density at radius 2 is 1.51 bits per heavy atom. The van der Waals surface area contributed by atoms with E-state index in [-0.39, 0.29) is 35.0 Å². The summed E-state index contributed by atoms with van der Waals surface area (Å²) in [7, 11) is 0. The first-order chi connectivity index (χ1) is 17.1. The highest BCUT2D eigenvalue weighted by Crippen LogP contribution is 2.57. The Bertz CT molecular complexity index is 781. The molecule has 3 aliphatic rings. The Hall–Kier alpha value is -1.06. The van der Waals surface area contributed by atoms with E-state index in [1.807, 2.05) is 6.92 Å². The summed E-state index contributed by atoms with van der Waals surface area (Å²) < 4.78 is 12.6. The molecule has 0 aromatic heterocycles. The molecule has 0 spiro atoms. The summed E-state index contributed by atoms with van der Waals surface area (Å²) in [5, 5.41) is 0. The van der Waals surface area contributed by atoms with E-state index >= 15 is 0 Å². The highest BCUT2D eigenvalue weighted by atomic mass is 16.6. The fourth-order valence-corrected chi connectivity index (χ4v) is 8.37. The van der Waals surface area contributed by atoms with Crippen molar-refractivity contribution in [3.8, 4) is 0 Å². The number of ether oxygens (including phenoxy) is 2. The van der Waals surface area contributed by atoms with Crippen LogP contribution < -0.4 is 0 Å². The summed E-state index contributed by atoms with van der Waals surface area (Å²) in [5.41, 5.74) is -1.38. The van der Waals surface area contributed by atoms with E-state index in [0.29, 0.717) is 24.2 Å². The molecule has 3 saturated carbocycles. The van der Waals surface area contributed by atoms with Gasteiger partial charge in [-0.25, -0.2) is 4.79 Å². The smallest absolute Gasteiger partial charge is 0.344 e. The minimum atomic E-state index is -0.686. The van der Waals surface area contributed by atoms with Crippen molar-refractivity contribution in [3.05, 3.63) is 0 Å².